The van der Waals surface area contributed by atoms with Gasteiger partial charge in [0.05, 0.1) is 6.04 Å². The lowest BCUT2D eigenvalue weighted by atomic mass is 10.1. The number of nitrogens with two attached hydrogens (primary N) is 1. The lowest BCUT2D eigenvalue weighted by Crippen LogP contribution is -2.29. The van der Waals surface area contributed by atoms with Gasteiger partial charge in [0, 0.05) is 23.2 Å². The predicted octanol–water partition coefficient (Wildman–Crippen LogP) is 3.51. The molecule has 2 heterocycles. The summed E-state index contributed by atoms with van der Waals surface area (Å²) >= 11 is 1.66. The van der Waals surface area contributed by atoms with E-state index in [0.717, 1.165) is 18.5 Å². The number of aryl methyl sites for hydroxylation is 1. The minimum atomic E-state index is -0.0256. The van der Waals surface area contributed by atoms with Crippen molar-refractivity contribution in [1.29, 1.82) is 0 Å². The Bertz CT molecular complexity index is 610. The van der Waals surface area contributed by atoms with Gasteiger partial charge in [0.25, 0.3) is 5.91 Å². The van der Waals surface area contributed by atoms with Gasteiger partial charge in [-0.05, 0) is 36.9 Å². The second kappa shape index (κ2) is 6.72. The lowest BCUT2D eigenvalue weighted by molar-refractivity contribution is 0.0744. The van der Waals surface area contributed by atoms with Gasteiger partial charge in [0.15, 0.2) is 0 Å². The Morgan fingerprint density at radius 3 is 2.86 bits per heavy atom. The number of rotatable bonds is 5. The van der Waals surface area contributed by atoms with Crippen LogP contribution in [0.1, 0.15) is 47.2 Å². The van der Waals surface area contributed by atoms with Crippen molar-refractivity contribution in [1.82, 2.24) is 9.88 Å². The van der Waals surface area contributed by atoms with Crippen molar-refractivity contribution in [2.75, 3.05) is 12.8 Å². The first kappa shape index (κ1) is 15.5. The number of thiophene rings is 1. The highest BCUT2D eigenvalue weighted by Gasteiger charge is 2.20. The second-order valence-corrected chi connectivity index (χ2v) is 6.11. The summed E-state index contributed by atoms with van der Waals surface area (Å²) in [5, 5.41) is 2.02. The highest BCUT2D eigenvalue weighted by Crippen LogP contribution is 2.25. The van der Waals surface area contributed by atoms with Gasteiger partial charge in [-0.15, -0.1) is 11.3 Å². The topological polar surface area (TPSA) is 59.2 Å². The number of amides is 1. The van der Waals surface area contributed by atoms with Crippen LogP contribution in [-0.2, 0) is 6.42 Å². The maximum absolute atomic E-state index is 12.6. The number of pyridine rings is 1. The molecule has 1 atom stereocenters. The van der Waals surface area contributed by atoms with Crippen LogP contribution in [0.2, 0.25) is 0 Å². The smallest absolute Gasteiger partial charge is 0.254 e. The molecule has 0 bridgehead atoms. The molecule has 2 N–H and O–H groups in total. The SMILES string of the molecule is CCCc1cc(C(=O)N(C)C(C)c2cccs2)cc(N)n1. The normalized spacial score (nSPS) is 12.1. The molecule has 2 rings (SSSR count). The van der Waals surface area contributed by atoms with E-state index in [1.807, 2.05) is 37.6 Å². The summed E-state index contributed by atoms with van der Waals surface area (Å²) in [5.41, 5.74) is 7.30. The van der Waals surface area contributed by atoms with Gasteiger partial charge in [-0.2, -0.15) is 0 Å². The number of hydrogen-bond donors (Lipinski definition) is 1. The van der Waals surface area contributed by atoms with E-state index in [1.54, 1.807) is 22.3 Å². The Balaban J connectivity index is 2.22. The monoisotopic (exact) mass is 303 g/mol. The van der Waals surface area contributed by atoms with Crippen LogP contribution in [0.15, 0.2) is 29.6 Å². The second-order valence-electron chi connectivity index (χ2n) is 5.13. The molecule has 0 aliphatic carbocycles. The number of nitrogens with zero attached hydrogens (tertiary/aromatic N) is 2. The molecular formula is C16H21N3OS. The van der Waals surface area contributed by atoms with Crippen LogP contribution in [0.4, 0.5) is 5.82 Å². The summed E-state index contributed by atoms with van der Waals surface area (Å²) in [6.45, 7) is 4.11. The minimum Gasteiger partial charge on any atom is -0.384 e. The van der Waals surface area contributed by atoms with Crippen LogP contribution in [0.5, 0.6) is 0 Å². The molecule has 0 saturated carbocycles. The van der Waals surface area contributed by atoms with E-state index in [-0.39, 0.29) is 11.9 Å². The predicted molar refractivity (Wildman–Crippen MR) is 87.5 cm³/mol. The molecule has 0 saturated heterocycles. The molecule has 1 amide bonds. The Morgan fingerprint density at radius 1 is 1.48 bits per heavy atom. The van der Waals surface area contributed by atoms with Gasteiger partial charge in [0.1, 0.15) is 5.82 Å². The van der Waals surface area contributed by atoms with Crippen LogP contribution >= 0.6 is 11.3 Å². The van der Waals surface area contributed by atoms with Crippen molar-refractivity contribution in [2.45, 2.75) is 32.7 Å². The molecule has 0 fully saturated rings. The molecule has 21 heavy (non-hydrogen) atoms. The first-order valence-corrected chi connectivity index (χ1v) is 7.98. The number of carbonyl (C=O) groups excluding carboxylic acids is 1. The summed E-state index contributed by atoms with van der Waals surface area (Å²) in [7, 11) is 1.82. The maximum atomic E-state index is 12.6. The molecule has 4 nitrogen and oxygen atoms in total. The van der Waals surface area contributed by atoms with E-state index < -0.39 is 0 Å². The number of aromatic nitrogens is 1. The molecule has 2 aromatic heterocycles. The van der Waals surface area contributed by atoms with E-state index in [2.05, 4.69) is 11.9 Å². The third-order valence-corrected chi connectivity index (χ3v) is 4.55. The van der Waals surface area contributed by atoms with Crippen LogP contribution < -0.4 is 5.73 Å². The lowest BCUT2D eigenvalue weighted by Gasteiger charge is -2.24. The van der Waals surface area contributed by atoms with E-state index >= 15 is 0 Å². The first-order valence-electron chi connectivity index (χ1n) is 7.10. The van der Waals surface area contributed by atoms with Gasteiger partial charge in [-0.3, -0.25) is 4.79 Å². The third-order valence-electron chi connectivity index (χ3n) is 3.51. The Labute approximate surface area is 129 Å². The maximum Gasteiger partial charge on any atom is 0.254 e. The van der Waals surface area contributed by atoms with Crippen LogP contribution in [-0.4, -0.2) is 22.8 Å². The fourth-order valence-corrected chi connectivity index (χ4v) is 3.04. The summed E-state index contributed by atoms with van der Waals surface area (Å²) in [6.07, 6.45) is 1.81. The Hall–Kier alpha value is -1.88. The third kappa shape index (κ3) is 3.61. The van der Waals surface area contributed by atoms with Gasteiger partial charge >= 0.3 is 0 Å². The molecule has 0 aliphatic rings. The molecule has 5 heteroatoms. The van der Waals surface area contributed by atoms with E-state index in [0.29, 0.717) is 11.4 Å². The fourth-order valence-electron chi connectivity index (χ4n) is 2.22. The minimum absolute atomic E-state index is 0.0256. The van der Waals surface area contributed by atoms with Crippen molar-refractivity contribution >= 4 is 23.1 Å². The first-order chi connectivity index (χ1) is 10.0. The zero-order valence-corrected chi connectivity index (χ0v) is 13.5. The number of anilines is 1. The summed E-state index contributed by atoms with van der Waals surface area (Å²) in [5.74, 6) is 0.379. The molecule has 0 aliphatic heterocycles. The highest BCUT2D eigenvalue weighted by atomic mass is 32.1. The summed E-state index contributed by atoms with van der Waals surface area (Å²) in [4.78, 5) is 19.8. The van der Waals surface area contributed by atoms with Crippen molar-refractivity contribution in [3.05, 3.63) is 45.8 Å². The van der Waals surface area contributed by atoms with Crippen LogP contribution in [0, 0.1) is 0 Å². The molecule has 0 radical (unpaired) electrons. The summed E-state index contributed by atoms with van der Waals surface area (Å²) < 4.78 is 0. The average Bonchev–Trinajstić information content (AvgIpc) is 2.98. The summed E-state index contributed by atoms with van der Waals surface area (Å²) in [6, 6.07) is 7.58. The van der Waals surface area contributed by atoms with E-state index in [9.17, 15) is 4.79 Å². The zero-order valence-electron chi connectivity index (χ0n) is 12.7. The van der Waals surface area contributed by atoms with Gasteiger partial charge in [-0.25, -0.2) is 4.98 Å². The van der Waals surface area contributed by atoms with Crippen molar-refractivity contribution in [3.63, 3.8) is 0 Å². The highest BCUT2D eigenvalue weighted by molar-refractivity contribution is 7.10. The molecular weight excluding hydrogens is 282 g/mol. The van der Waals surface area contributed by atoms with Gasteiger partial charge < -0.3 is 10.6 Å². The Morgan fingerprint density at radius 2 is 2.24 bits per heavy atom. The van der Waals surface area contributed by atoms with Crippen molar-refractivity contribution in [3.8, 4) is 0 Å². The number of carbonyl (C=O) groups is 1. The quantitative estimate of drug-likeness (QED) is 0.919. The van der Waals surface area contributed by atoms with Crippen molar-refractivity contribution in [2.24, 2.45) is 0 Å². The zero-order chi connectivity index (χ0) is 15.4. The Kier molecular flexibility index (Phi) is 4.96. The standard InChI is InChI=1S/C16H21N3OS/c1-4-6-13-9-12(10-15(17)18-13)16(20)19(3)11(2)14-7-5-8-21-14/h5,7-11H,4,6H2,1-3H3,(H2,17,18). The largest absolute Gasteiger partial charge is 0.384 e. The molecule has 112 valence electrons. The van der Waals surface area contributed by atoms with E-state index in [1.165, 1.54) is 4.88 Å². The molecule has 2 aromatic rings. The number of hydrogen-bond acceptors (Lipinski definition) is 4. The van der Waals surface area contributed by atoms with Gasteiger partial charge in [0.2, 0.25) is 0 Å². The van der Waals surface area contributed by atoms with Crippen molar-refractivity contribution < 1.29 is 4.79 Å². The van der Waals surface area contributed by atoms with Crippen LogP contribution in [0.3, 0.4) is 0 Å². The molecule has 0 spiro atoms. The molecule has 1 unspecified atom stereocenters. The van der Waals surface area contributed by atoms with Gasteiger partial charge in [-0.1, -0.05) is 19.4 Å². The van der Waals surface area contributed by atoms with E-state index in [4.69, 9.17) is 5.73 Å². The average molecular weight is 303 g/mol. The fraction of sp³-hybridized carbons (Fsp3) is 0.375. The van der Waals surface area contributed by atoms with Crippen LogP contribution in [0.25, 0.3) is 0 Å². The number of nitrogen functional groups attached to an aromatic ring is 1. The molecule has 0 aromatic carbocycles.